The molecule has 0 unspecified atom stereocenters. The molecule has 0 saturated heterocycles. The van der Waals surface area contributed by atoms with Gasteiger partial charge in [0.25, 0.3) is 0 Å². The molecule has 0 aliphatic heterocycles. The van der Waals surface area contributed by atoms with Crippen molar-refractivity contribution in [3.8, 4) is 5.75 Å². The summed E-state index contributed by atoms with van der Waals surface area (Å²) in [7, 11) is 0. The number of benzene rings is 2. The van der Waals surface area contributed by atoms with Crippen molar-refractivity contribution < 1.29 is 9.53 Å². The Balaban J connectivity index is 1.63. The highest BCUT2D eigenvalue weighted by atomic mass is 35.5. The Morgan fingerprint density at radius 2 is 1.97 bits per heavy atom. The molecule has 6 nitrogen and oxygen atoms in total. The summed E-state index contributed by atoms with van der Waals surface area (Å²) >= 11 is 19.2. The Labute approximate surface area is 193 Å². The smallest absolute Gasteiger partial charge is 0.234 e. The predicted molar refractivity (Wildman–Crippen MR) is 122 cm³/mol. The van der Waals surface area contributed by atoms with E-state index >= 15 is 0 Å². The number of nitrogens with zero attached hydrogens (tertiary/aromatic N) is 3. The molecule has 3 rings (SSSR count). The molecule has 0 atom stereocenters. The second-order valence-electron chi connectivity index (χ2n) is 6.01. The van der Waals surface area contributed by atoms with Crippen LogP contribution in [0.4, 0.5) is 5.69 Å². The standard InChI is InChI=1S/C20H17Cl3N4O2S/c1-2-8-27-18(11-29-17-7-6-14(22)10-16(17)23)25-26-20(27)30-12-19(28)24-15-5-3-4-13(21)9-15/h2-7,9-10H,1,8,11-12H2,(H,24,28). The number of amides is 1. The molecule has 3 aromatic rings. The molecule has 0 radical (unpaired) electrons. The van der Waals surface area contributed by atoms with E-state index in [2.05, 4.69) is 22.1 Å². The molecule has 0 saturated carbocycles. The van der Waals surface area contributed by atoms with Crippen LogP contribution in [0, 0.1) is 0 Å². The highest BCUT2D eigenvalue weighted by molar-refractivity contribution is 7.99. The summed E-state index contributed by atoms with van der Waals surface area (Å²) in [6.45, 7) is 4.39. The van der Waals surface area contributed by atoms with Gasteiger partial charge < -0.3 is 10.1 Å². The summed E-state index contributed by atoms with van der Waals surface area (Å²) in [5.41, 5.74) is 0.634. The number of hydrogen-bond acceptors (Lipinski definition) is 5. The third kappa shape index (κ3) is 6.15. The number of anilines is 1. The Hall–Kier alpha value is -2.19. The summed E-state index contributed by atoms with van der Waals surface area (Å²) in [6.07, 6.45) is 1.72. The molecule has 156 valence electrons. The predicted octanol–water partition coefficient (Wildman–Crippen LogP) is 5.73. The van der Waals surface area contributed by atoms with Gasteiger partial charge in [-0.1, -0.05) is 58.7 Å². The number of rotatable bonds is 9. The summed E-state index contributed by atoms with van der Waals surface area (Å²) in [5, 5.41) is 13.2. The molecular formula is C20H17Cl3N4O2S. The van der Waals surface area contributed by atoms with Crippen LogP contribution in [0.15, 0.2) is 60.3 Å². The fourth-order valence-corrected chi connectivity index (χ4v) is 3.89. The molecule has 2 aromatic carbocycles. The molecule has 0 fully saturated rings. The van der Waals surface area contributed by atoms with Crippen LogP contribution in [0.1, 0.15) is 5.82 Å². The van der Waals surface area contributed by atoms with Crippen LogP contribution in [0.3, 0.4) is 0 Å². The number of ether oxygens (including phenoxy) is 1. The van der Waals surface area contributed by atoms with Crippen molar-refractivity contribution in [3.05, 3.63) is 76.0 Å². The largest absolute Gasteiger partial charge is 0.484 e. The fraction of sp³-hybridized carbons (Fsp3) is 0.150. The number of hydrogen-bond donors (Lipinski definition) is 1. The van der Waals surface area contributed by atoms with Gasteiger partial charge in [0, 0.05) is 22.3 Å². The van der Waals surface area contributed by atoms with E-state index in [1.54, 1.807) is 48.5 Å². The third-order valence-corrected chi connectivity index (χ3v) is 5.53. The SMILES string of the molecule is C=CCn1c(COc2ccc(Cl)cc2Cl)nnc1SCC(=O)Nc1cccc(Cl)c1. The van der Waals surface area contributed by atoms with Gasteiger partial charge in [0.1, 0.15) is 12.4 Å². The summed E-state index contributed by atoms with van der Waals surface area (Å²) in [4.78, 5) is 12.2. The Morgan fingerprint density at radius 3 is 2.70 bits per heavy atom. The average molecular weight is 484 g/mol. The number of thioether (sulfide) groups is 1. The lowest BCUT2D eigenvalue weighted by molar-refractivity contribution is -0.113. The van der Waals surface area contributed by atoms with Crippen molar-refractivity contribution >= 4 is 58.2 Å². The Kier molecular flexibility index (Phi) is 8.04. The van der Waals surface area contributed by atoms with Crippen molar-refractivity contribution in [3.63, 3.8) is 0 Å². The number of carbonyl (C=O) groups is 1. The summed E-state index contributed by atoms with van der Waals surface area (Å²) in [6, 6.07) is 11.9. The van der Waals surface area contributed by atoms with Crippen LogP contribution >= 0.6 is 46.6 Å². The van der Waals surface area contributed by atoms with Crippen molar-refractivity contribution in [1.82, 2.24) is 14.8 Å². The van der Waals surface area contributed by atoms with Crippen LogP contribution in [0.2, 0.25) is 15.1 Å². The molecule has 0 aliphatic rings. The maximum atomic E-state index is 12.2. The average Bonchev–Trinajstić information content (AvgIpc) is 3.08. The normalized spacial score (nSPS) is 10.6. The van der Waals surface area contributed by atoms with Crippen molar-refractivity contribution in [2.75, 3.05) is 11.1 Å². The molecular weight excluding hydrogens is 467 g/mol. The Morgan fingerprint density at radius 1 is 1.17 bits per heavy atom. The lowest BCUT2D eigenvalue weighted by Crippen LogP contribution is -2.15. The van der Waals surface area contributed by atoms with Gasteiger partial charge in [-0.05, 0) is 36.4 Å². The first-order valence-corrected chi connectivity index (χ1v) is 10.9. The zero-order valence-electron chi connectivity index (χ0n) is 15.6. The van der Waals surface area contributed by atoms with Crippen molar-refractivity contribution in [2.24, 2.45) is 0 Å². The van der Waals surface area contributed by atoms with Gasteiger partial charge in [0.15, 0.2) is 11.0 Å². The first-order chi connectivity index (χ1) is 14.5. The Bertz CT molecular complexity index is 1060. The maximum Gasteiger partial charge on any atom is 0.234 e. The minimum atomic E-state index is -0.179. The first kappa shape index (κ1) is 22.5. The van der Waals surface area contributed by atoms with Crippen molar-refractivity contribution in [1.29, 1.82) is 0 Å². The topological polar surface area (TPSA) is 69.0 Å². The van der Waals surface area contributed by atoms with Gasteiger partial charge in [0.05, 0.1) is 10.8 Å². The van der Waals surface area contributed by atoms with E-state index in [0.717, 1.165) is 0 Å². The molecule has 1 N–H and O–H groups in total. The van der Waals surface area contributed by atoms with Crippen LogP contribution < -0.4 is 10.1 Å². The molecule has 30 heavy (non-hydrogen) atoms. The van der Waals surface area contributed by atoms with Crippen molar-refractivity contribution in [2.45, 2.75) is 18.3 Å². The van der Waals surface area contributed by atoms with Crippen LogP contribution in [-0.2, 0) is 17.9 Å². The highest BCUT2D eigenvalue weighted by Crippen LogP contribution is 2.28. The quantitative estimate of drug-likeness (QED) is 0.311. The molecule has 1 amide bonds. The summed E-state index contributed by atoms with van der Waals surface area (Å²) < 4.78 is 7.57. The fourth-order valence-electron chi connectivity index (χ4n) is 2.47. The van der Waals surface area contributed by atoms with Gasteiger partial charge >= 0.3 is 0 Å². The zero-order chi connectivity index (χ0) is 21.5. The number of aromatic nitrogens is 3. The van der Waals surface area contributed by atoms with E-state index in [1.165, 1.54) is 11.8 Å². The number of halogens is 3. The van der Waals surface area contributed by atoms with E-state index < -0.39 is 0 Å². The van der Waals surface area contributed by atoms with Gasteiger partial charge in [-0.25, -0.2) is 0 Å². The monoisotopic (exact) mass is 482 g/mol. The maximum absolute atomic E-state index is 12.2. The molecule has 0 aliphatic carbocycles. The number of nitrogens with one attached hydrogen (secondary N) is 1. The lowest BCUT2D eigenvalue weighted by atomic mass is 10.3. The molecule has 10 heteroatoms. The third-order valence-electron chi connectivity index (χ3n) is 3.80. The van der Waals surface area contributed by atoms with E-state index in [-0.39, 0.29) is 18.3 Å². The molecule has 0 bridgehead atoms. The van der Waals surface area contributed by atoms with E-state index in [1.807, 2.05) is 4.57 Å². The number of allylic oxidation sites excluding steroid dienone is 1. The lowest BCUT2D eigenvalue weighted by Gasteiger charge is -2.10. The van der Waals surface area contributed by atoms with E-state index in [4.69, 9.17) is 39.5 Å². The zero-order valence-corrected chi connectivity index (χ0v) is 18.7. The minimum Gasteiger partial charge on any atom is -0.484 e. The van der Waals surface area contributed by atoms with Crippen LogP contribution in [0.5, 0.6) is 5.75 Å². The minimum absolute atomic E-state index is 0.150. The number of carbonyl (C=O) groups excluding carboxylic acids is 1. The molecule has 1 aromatic heterocycles. The summed E-state index contributed by atoms with van der Waals surface area (Å²) in [5.74, 6) is 1.05. The van der Waals surface area contributed by atoms with Gasteiger partial charge in [0.2, 0.25) is 5.91 Å². The van der Waals surface area contributed by atoms with Gasteiger partial charge in [-0.2, -0.15) is 0 Å². The molecule has 0 spiro atoms. The second kappa shape index (κ2) is 10.7. The molecule has 1 heterocycles. The van der Waals surface area contributed by atoms with Gasteiger partial charge in [-0.15, -0.1) is 16.8 Å². The highest BCUT2D eigenvalue weighted by Gasteiger charge is 2.15. The van der Waals surface area contributed by atoms with E-state index in [9.17, 15) is 4.79 Å². The second-order valence-corrected chi connectivity index (χ2v) is 8.23. The van der Waals surface area contributed by atoms with Crippen LogP contribution in [-0.4, -0.2) is 26.4 Å². The first-order valence-electron chi connectivity index (χ1n) is 8.75. The van der Waals surface area contributed by atoms with Crippen LogP contribution in [0.25, 0.3) is 0 Å². The van der Waals surface area contributed by atoms with E-state index in [0.29, 0.717) is 44.0 Å². The van der Waals surface area contributed by atoms with Gasteiger partial charge in [-0.3, -0.25) is 9.36 Å².